The van der Waals surface area contributed by atoms with Gasteiger partial charge in [0.05, 0.1) is 11.1 Å². The van der Waals surface area contributed by atoms with Crippen LogP contribution in [0.25, 0.3) is 11.6 Å². The Morgan fingerprint density at radius 1 is 1.33 bits per heavy atom. The topological polar surface area (TPSA) is 82.2 Å². The second kappa shape index (κ2) is 5.37. The van der Waals surface area contributed by atoms with Crippen molar-refractivity contribution in [1.82, 2.24) is 4.98 Å². The number of carboxylic acid groups (broad SMARTS) is 1. The summed E-state index contributed by atoms with van der Waals surface area (Å²) >= 11 is 0. The first-order chi connectivity index (χ1) is 11.5. The maximum absolute atomic E-state index is 12.3. The molecule has 1 aromatic heterocycles. The molecule has 1 unspecified atom stereocenters. The maximum atomic E-state index is 12.3. The molecule has 0 saturated carbocycles. The lowest BCUT2D eigenvalue weighted by atomic mass is 9.88. The van der Waals surface area contributed by atoms with Crippen LogP contribution in [0.3, 0.4) is 0 Å². The van der Waals surface area contributed by atoms with Gasteiger partial charge in [-0.25, -0.2) is 4.79 Å². The number of aromatic amines is 1. The number of carbonyl (C=O) groups is 2. The van der Waals surface area contributed by atoms with Crippen LogP contribution in [-0.2, 0) is 11.2 Å². The minimum absolute atomic E-state index is 0.176. The van der Waals surface area contributed by atoms with Crippen LogP contribution in [0.5, 0.6) is 0 Å². The van der Waals surface area contributed by atoms with Gasteiger partial charge in [-0.15, -0.1) is 0 Å². The number of aryl methyl sites for hydroxylation is 1. The van der Waals surface area contributed by atoms with Gasteiger partial charge in [-0.2, -0.15) is 0 Å². The van der Waals surface area contributed by atoms with Crippen molar-refractivity contribution in [2.24, 2.45) is 0 Å². The lowest BCUT2D eigenvalue weighted by molar-refractivity contribution is -0.110. The Labute approximate surface area is 139 Å². The standard InChI is InChI=1S/C19H18N2O3/c1-10-3-2-4-16-13(10)8-12(20-16)9-15-14-7-11(19(23)24)5-6-17(14)21-18(15)22/h5-10,20H,2-4H2,1H3,(H,21,22)(H,23,24). The molecule has 1 atom stereocenters. The van der Waals surface area contributed by atoms with E-state index in [-0.39, 0.29) is 11.5 Å². The molecule has 4 rings (SSSR count). The van der Waals surface area contributed by atoms with Crippen molar-refractivity contribution < 1.29 is 14.7 Å². The summed E-state index contributed by atoms with van der Waals surface area (Å²) in [6.45, 7) is 2.22. The molecule has 1 aliphatic heterocycles. The van der Waals surface area contributed by atoms with Gasteiger partial charge in [0, 0.05) is 22.6 Å². The third-order valence-electron chi connectivity index (χ3n) is 4.90. The van der Waals surface area contributed by atoms with Gasteiger partial charge in [-0.05, 0) is 61.1 Å². The summed E-state index contributed by atoms with van der Waals surface area (Å²) in [5, 5.41) is 12.0. The average molecular weight is 322 g/mol. The quantitative estimate of drug-likeness (QED) is 0.738. The van der Waals surface area contributed by atoms with Crippen molar-refractivity contribution in [3.05, 3.63) is 52.3 Å². The van der Waals surface area contributed by atoms with Crippen LogP contribution >= 0.6 is 0 Å². The number of hydrogen-bond acceptors (Lipinski definition) is 2. The second-order valence-electron chi connectivity index (χ2n) is 6.53. The third kappa shape index (κ3) is 2.33. The van der Waals surface area contributed by atoms with Crippen LogP contribution in [0.1, 0.15) is 58.6 Å². The number of aromatic carboxylic acids is 1. The Morgan fingerprint density at radius 3 is 2.92 bits per heavy atom. The number of carboxylic acids is 1. The van der Waals surface area contributed by atoms with E-state index in [9.17, 15) is 9.59 Å². The van der Waals surface area contributed by atoms with Crippen molar-refractivity contribution in [1.29, 1.82) is 0 Å². The van der Waals surface area contributed by atoms with Crippen LogP contribution in [0.4, 0.5) is 5.69 Å². The van der Waals surface area contributed by atoms with E-state index in [1.807, 2.05) is 6.08 Å². The second-order valence-corrected chi connectivity index (χ2v) is 6.53. The predicted molar refractivity (Wildman–Crippen MR) is 92.0 cm³/mol. The number of hydrogen-bond donors (Lipinski definition) is 3. The van der Waals surface area contributed by atoms with E-state index in [2.05, 4.69) is 23.3 Å². The summed E-state index contributed by atoms with van der Waals surface area (Å²) in [5.74, 6) is -0.672. The van der Waals surface area contributed by atoms with Crippen molar-refractivity contribution in [2.75, 3.05) is 5.32 Å². The Bertz CT molecular complexity index is 892. The van der Waals surface area contributed by atoms with Crippen molar-refractivity contribution >= 4 is 29.2 Å². The summed E-state index contributed by atoms with van der Waals surface area (Å²) in [7, 11) is 0. The van der Waals surface area contributed by atoms with E-state index < -0.39 is 5.97 Å². The Hall–Kier alpha value is -2.82. The first kappa shape index (κ1) is 14.8. The molecule has 0 saturated heterocycles. The Kier molecular flexibility index (Phi) is 3.30. The summed E-state index contributed by atoms with van der Waals surface area (Å²) < 4.78 is 0. The highest BCUT2D eigenvalue weighted by molar-refractivity contribution is 6.35. The normalized spacial score (nSPS) is 20.6. The largest absolute Gasteiger partial charge is 0.478 e. The molecule has 2 aromatic rings. The molecule has 1 aliphatic carbocycles. The van der Waals surface area contributed by atoms with Crippen LogP contribution < -0.4 is 5.32 Å². The van der Waals surface area contributed by atoms with E-state index in [1.165, 1.54) is 30.2 Å². The van der Waals surface area contributed by atoms with Crippen LogP contribution in [0.15, 0.2) is 24.3 Å². The van der Waals surface area contributed by atoms with E-state index in [0.717, 1.165) is 12.1 Å². The molecule has 0 radical (unpaired) electrons. The van der Waals surface area contributed by atoms with Gasteiger partial charge in [0.15, 0.2) is 0 Å². The molecule has 0 bridgehead atoms. The lowest BCUT2D eigenvalue weighted by Crippen LogP contribution is -2.04. The van der Waals surface area contributed by atoms with E-state index in [1.54, 1.807) is 12.1 Å². The minimum Gasteiger partial charge on any atom is -0.478 e. The van der Waals surface area contributed by atoms with Crippen LogP contribution in [0, 0.1) is 0 Å². The van der Waals surface area contributed by atoms with Crippen molar-refractivity contribution in [2.45, 2.75) is 32.1 Å². The Morgan fingerprint density at radius 2 is 2.17 bits per heavy atom. The van der Waals surface area contributed by atoms with Gasteiger partial charge in [0.25, 0.3) is 5.91 Å². The number of aromatic nitrogens is 1. The average Bonchev–Trinajstić information content (AvgIpc) is 3.09. The van der Waals surface area contributed by atoms with E-state index in [0.29, 0.717) is 22.7 Å². The first-order valence-corrected chi connectivity index (χ1v) is 8.15. The SMILES string of the molecule is CC1CCCc2[nH]c(C=C3C(=O)Nc4ccc(C(=O)O)cc43)cc21. The molecule has 5 heteroatoms. The number of H-pyrrole nitrogens is 1. The fraction of sp³-hybridized carbons (Fsp3) is 0.263. The molecule has 0 spiro atoms. The molecule has 2 heterocycles. The molecule has 0 fully saturated rings. The molecule has 5 nitrogen and oxygen atoms in total. The molecule has 24 heavy (non-hydrogen) atoms. The van der Waals surface area contributed by atoms with Gasteiger partial charge in [-0.3, -0.25) is 4.79 Å². The monoisotopic (exact) mass is 322 g/mol. The summed E-state index contributed by atoms with van der Waals surface area (Å²) in [6, 6.07) is 6.80. The number of rotatable bonds is 2. The summed E-state index contributed by atoms with van der Waals surface area (Å²) in [4.78, 5) is 26.9. The first-order valence-electron chi connectivity index (χ1n) is 8.15. The zero-order valence-corrected chi connectivity index (χ0v) is 13.3. The van der Waals surface area contributed by atoms with Gasteiger partial charge < -0.3 is 15.4 Å². The number of amides is 1. The van der Waals surface area contributed by atoms with Crippen LogP contribution in [-0.4, -0.2) is 22.0 Å². The zero-order valence-electron chi connectivity index (χ0n) is 13.3. The predicted octanol–water partition coefficient (Wildman–Crippen LogP) is 3.65. The van der Waals surface area contributed by atoms with Crippen molar-refractivity contribution in [3.63, 3.8) is 0 Å². The highest BCUT2D eigenvalue weighted by Crippen LogP contribution is 2.36. The third-order valence-corrected chi connectivity index (χ3v) is 4.90. The molecular weight excluding hydrogens is 304 g/mol. The number of fused-ring (bicyclic) bond motifs is 2. The number of anilines is 1. The van der Waals surface area contributed by atoms with Gasteiger partial charge in [0.1, 0.15) is 0 Å². The van der Waals surface area contributed by atoms with Crippen LogP contribution in [0.2, 0.25) is 0 Å². The molecule has 3 N–H and O–H groups in total. The van der Waals surface area contributed by atoms with Gasteiger partial charge >= 0.3 is 5.97 Å². The zero-order chi connectivity index (χ0) is 16.8. The minimum atomic E-state index is -0.999. The van der Waals surface area contributed by atoms with Crippen molar-refractivity contribution in [3.8, 4) is 0 Å². The molecular formula is C19H18N2O3. The highest BCUT2D eigenvalue weighted by atomic mass is 16.4. The summed E-state index contributed by atoms with van der Waals surface area (Å²) in [5.41, 5.74) is 5.44. The smallest absolute Gasteiger partial charge is 0.335 e. The number of benzene rings is 1. The number of nitrogens with one attached hydrogen (secondary N) is 2. The van der Waals surface area contributed by atoms with E-state index >= 15 is 0 Å². The van der Waals surface area contributed by atoms with Gasteiger partial charge in [-0.1, -0.05) is 6.92 Å². The van der Waals surface area contributed by atoms with Gasteiger partial charge in [0.2, 0.25) is 0 Å². The van der Waals surface area contributed by atoms with E-state index in [4.69, 9.17) is 5.11 Å². The highest BCUT2D eigenvalue weighted by Gasteiger charge is 2.26. The fourth-order valence-electron chi connectivity index (χ4n) is 3.62. The number of carbonyl (C=O) groups excluding carboxylic acids is 1. The molecule has 1 amide bonds. The lowest BCUT2D eigenvalue weighted by Gasteiger charge is -2.17. The fourth-order valence-corrected chi connectivity index (χ4v) is 3.62. The molecule has 122 valence electrons. The Balaban J connectivity index is 1.77. The molecule has 1 aromatic carbocycles. The molecule has 2 aliphatic rings. The summed E-state index contributed by atoms with van der Waals surface area (Å²) in [6.07, 6.45) is 5.22. The maximum Gasteiger partial charge on any atom is 0.335 e.